The minimum Gasteiger partial charge on any atom is -0.316 e. The first kappa shape index (κ1) is 13.0. The largest absolute Gasteiger partial charge is 0.316 e. The van der Waals surface area contributed by atoms with Crippen molar-refractivity contribution in [1.82, 2.24) is 10.6 Å². The molecule has 0 aromatic rings. The first-order chi connectivity index (χ1) is 7.22. The maximum Gasteiger partial charge on any atom is 0.00506 e. The molecule has 0 spiro atoms. The van der Waals surface area contributed by atoms with E-state index in [0.29, 0.717) is 11.5 Å². The zero-order chi connectivity index (χ0) is 11.1. The molecule has 0 saturated heterocycles. The van der Waals surface area contributed by atoms with E-state index in [4.69, 9.17) is 0 Å². The summed E-state index contributed by atoms with van der Waals surface area (Å²) in [5.41, 5.74) is 0.705. The standard InChI is InChI=1S/C13H28N2/c1-4-7-13(8-9-13)11-14-10-6-12(3)15-5-2/h12,14-15H,4-11H2,1-3H3. The van der Waals surface area contributed by atoms with E-state index < -0.39 is 0 Å². The molecule has 1 aliphatic carbocycles. The Morgan fingerprint density at radius 2 is 2.00 bits per heavy atom. The molecule has 1 saturated carbocycles. The molecule has 0 aromatic carbocycles. The van der Waals surface area contributed by atoms with Crippen LogP contribution >= 0.6 is 0 Å². The number of hydrogen-bond acceptors (Lipinski definition) is 2. The molecule has 1 fully saturated rings. The van der Waals surface area contributed by atoms with E-state index in [2.05, 4.69) is 31.4 Å². The van der Waals surface area contributed by atoms with E-state index in [1.165, 1.54) is 45.2 Å². The van der Waals surface area contributed by atoms with Crippen molar-refractivity contribution < 1.29 is 0 Å². The summed E-state index contributed by atoms with van der Waals surface area (Å²) >= 11 is 0. The van der Waals surface area contributed by atoms with Gasteiger partial charge in [-0.2, -0.15) is 0 Å². The lowest BCUT2D eigenvalue weighted by Crippen LogP contribution is -2.32. The molecule has 0 aromatic heterocycles. The summed E-state index contributed by atoms with van der Waals surface area (Å²) < 4.78 is 0. The first-order valence-corrected chi connectivity index (χ1v) is 6.66. The third-order valence-corrected chi connectivity index (χ3v) is 3.54. The highest BCUT2D eigenvalue weighted by Crippen LogP contribution is 2.48. The van der Waals surface area contributed by atoms with Gasteiger partial charge < -0.3 is 10.6 Å². The third kappa shape index (κ3) is 4.98. The average Bonchev–Trinajstić information content (AvgIpc) is 2.95. The Kier molecular flexibility index (Phi) is 5.62. The Balaban J connectivity index is 1.97. The van der Waals surface area contributed by atoms with Crippen LogP contribution in [0.1, 0.15) is 52.9 Å². The molecule has 1 unspecified atom stereocenters. The van der Waals surface area contributed by atoms with Crippen molar-refractivity contribution in [2.24, 2.45) is 5.41 Å². The molecule has 0 heterocycles. The van der Waals surface area contributed by atoms with Crippen molar-refractivity contribution in [3.8, 4) is 0 Å². The summed E-state index contributed by atoms with van der Waals surface area (Å²) in [6.45, 7) is 10.2. The second kappa shape index (κ2) is 6.49. The summed E-state index contributed by atoms with van der Waals surface area (Å²) in [5.74, 6) is 0. The summed E-state index contributed by atoms with van der Waals surface area (Å²) in [5, 5.41) is 7.07. The molecule has 0 amide bonds. The van der Waals surface area contributed by atoms with Crippen LogP contribution in [0, 0.1) is 5.41 Å². The van der Waals surface area contributed by atoms with Crippen LogP contribution in [-0.2, 0) is 0 Å². The highest BCUT2D eigenvalue weighted by atomic mass is 14.9. The van der Waals surface area contributed by atoms with Gasteiger partial charge in [0, 0.05) is 12.6 Å². The smallest absolute Gasteiger partial charge is 0.00506 e. The number of hydrogen-bond donors (Lipinski definition) is 2. The van der Waals surface area contributed by atoms with Crippen molar-refractivity contribution in [1.29, 1.82) is 0 Å². The third-order valence-electron chi connectivity index (χ3n) is 3.54. The normalized spacial score (nSPS) is 20.2. The molecule has 2 nitrogen and oxygen atoms in total. The van der Waals surface area contributed by atoms with Crippen molar-refractivity contribution >= 4 is 0 Å². The molecule has 1 atom stereocenters. The minimum absolute atomic E-state index is 0.656. The second-order valence-electron chi connectivity index (χ2n) is 5.17. The van der Waals surface area contributed by atoms with Crippen molar-refractivity contribution in [3.05, 3.63) is 0 Å². The second-order valence-corrected chi connectivity index (χ2v) is 5.17. The number of nitrogens with one attached hydrogen (secondary N) is 2. The highest BCUT2D eigenvalue weighted by molar-refractivity contribution is 4.94. The quantitative estimate of drug-likeness (QED) is 0.574. The Bertz CT molecular complexity index is 164. The maximum atomic E-state index is 3.62. The van der Waals surface area contributed by atoms with Crippen molar-refractivity contribution in [3.63, 3.8) is 0 Å². The molecular weight excluding hydrogens is 184 g/mol. The van der Waals surface area contributed by atoms with Gasteiger partial charge in [0.2, 0.25) is 0 Å². The van der Waals surface area contributed by atoms with Crippen LogP contribution in [0.25, 0.3) is 0 Å². The van der Waals surface area contributed by atoms with Crippen molar-refractivity contribution in [2.45, 2.75) is 58.9 Å². The molecule has 2 N–H and O–H groups in total. The molecular formula is C13H28N2. The van der Waals surface area contributed by atoms with Crippen LogP contribution in [0.2, 0.25) is 0 Å². The summed E-state index contributed by atoms with van der Waals surface area (Å²) in [6.07, 6.45) is 6.92. The van der Waals surface area contributed by atoms with E-state index in [0.717, 1.165) is 6.54 Å². The van der Waals surface area contributed by atoms with Gasteiger partial charge in [0.15, 0.2) is 0 Å². The van der Waals surface area contributed by atoms with E-state index in [1.807, 2.05) is 0 Å². The Morgan fingerprint density at radius 1 is 1.27 bits per heavy atom. The molecule has 2 heteroatoms. The Labute approximate surface area is 95.2 Å². The van der Waals surface area contributed by atoms with Gasteiger partial charge in [-0.3, -0.25) is 0 Å². The van der Waals surface area contributed by atoms with Gasteiger partial charge in [-0.25, -0.2) is 0 Å². The summed E-state index contributed by atoms with van der Waals surface area (Å²) in [4.78, 5) is 0. The van der Waals surface area contributed by atoms with Gasteiger partial charge in [-0.05, 0) is 51.1 Å². The first-order valence-electron chi connectivity index (χ1n) is 6.66. The maximum absolute atomic E-state index is 3.62. The topological polar surface area (TPSA) is 24.1 Å². The van der Waals surface area contributed by atoms with Crippen LogP contribution in [-0.4, -0.2) is 25.7 Å². The van der Waals surface area contributed by atoms with Crippen LogP contribution < -0.4 is 10.6 Å². The van der Waals surface area contributed by atoms with Gasteiger partial charge >= 0.3 is 0 Å². The molecule has 0 aliphatic heterocycles. The SMILES string of the molecule is CCCC1(CNCCC(C)NCC)CC1. The monoisotopic (exact) mass is 212 g/mol. The van der Waals surface area contributed by atoms with Gasteiger partial charge in [0.25, 0.3) is 0 Å². The zero-order valence-corrected chi connectivity index (χ0v) is 10.7. The average molecular weight is 212 g/mol. The van der Waals surface area contributed by atoms with Gasteiger partial charge in [0.05, 0.1) is 0 Å². The summed E-state index contributed by atoms with van der Waals surface area (Å²) in [7, 11) is 0. The molecule has 1 aliphatic rings. The van der Waals surface area contributed by atoms with E-state index in [1.54, 1.807) is 0 Å². The Hall–Kier alpha value is -0.0800. The van der Waals surface area contributed by atoms with Crippen LogP contribution in [0.4, 0.5) is 0 Å². The zero-order valence-electron chi connectivity index (χ0n) is 10.7. The Morgan fingerprint density at radius 3 is 2.53 bits per heavy atom. The molecule has 90 valence electrons. The predicted octanol–water partition coefficient (Wildman–Crippen LogP) is 2.54. The molecule has 1 rings (SSSR count). The van der Waals surface area contributed by atoms with E-state index in [-0.39, 0.29) is 0 Å². The highest BCUT2D eigenvalue weighted by Gasteiger charge is 2.40. The fourth-order valence-electron chi connectivity index (χ4n) is 2.34. The van der Waals surface area contributed by atoms with Crippen LogP contribution in [0.15, 0.2) is 0 Å². The van der Waals surface area contributed by atoms with Crippen LogP contribution in [0.5, 0.6) is 0 Å². The lowest BCUT2D eigenvalue weighted by molar-refractivity contribution is 0.408. The van der Waals surface area contributed by atoms with E-state index >= 15 is 0 Å². The van der Waals surface area contributed by atoms with Crippen molar-refractivity contribution in [2.75, 3.05) is 19.6 Å². The van der Waals surface area contributed by atoms with Gasteiger partial charge in [-0.15, -0.1) is 0 Å². The summed E-state index contributed by atoms with van der Waals surface area (Å²) in [6, 6.07) is 0.656. The van der Waals surface area contributed by atoms with E-state index in [9.17, 15) is 0 Å². The molecule has 15 heavy (non-hydrogen) atoms. The van der Waals surface area contributed by atoms with Gasteiger partial charge in [0.1, 0.15) is 0 Å². The molecule has 0 bridgehead atoms. The van der Waals surface area contributed by atoms with Crippen LogP contribution in [0.3, 0.4) is 0 Å². The predicted molar refractivity (Wildman–Crippen MR) is 67.2 cm³/mol. The minimum atomic E-state index is 0.656. The fourth-order valence-corrected chi connectivity index (χ4v) is 2.34. The molecule has 0 radical (unpaired) electrons. The van der Waals surface area contributed by atoms with Gasteiger partial charge in [-0.1, -0.05) is 20.3 Å². The fraction of sp³-hybridized carbons (Fsp3) is 1.00. The lowest BCUT2D eigenvalue weighted by Gasteiger charge is -2.17. The number of rotatable bonds is 9. The lowest BCUT2D eigenvalue weighted by atomic mass is 10.0.